The molecule has 0 radical (unpaired) electrons. The number of benzene rings is 2. The van der Waals surface area contributed by atoms with Crippen molar-refractivity contribution >= 4 is 10.8 Å². The van der Waals surface area contributed by atoms with Gasteiger partial charge in [-0.1, -0.05) is 51.1 Å². The summed E-state index contributed by atoms with van der Waals surface area (Å²) in [6.07, 6.45) is 0. The van der Waals surface area contributed by atoms with Crippen LogP contribution >= 0.6 is 0 Å². The van der Waals surface area contributed by atoms with Crippen LogP contribution in [0.1, 0.15) is 26.3 Å². The van der Waals surface area contributed by atoms with Gasteiger partial charge in [-0.05, 0) is 22.4 Å². The second-order valence-corrected chi connectivity index (χ2v) is 5.15. The molecule has 1 nitrogen and oxygen atoms in total. The molecule has 0 amide bonds. The van der Waals surface area contributed by atoms with Crippen molar-refractivity contribution in [2.45, 2.75) is 26.2 Å². The second-order valence-electron chi connectivity index (χ2n) is 5.15. The molecule has 0 fully saturated rings. The molecule has 0 unspecified atom stereocenters. The summed E-state index contributed by atoms with van der Waals surface area (Å²) in [5.41, 5.74) is 1.46. The third-order valence-corrected chi connectivity index (χ3v) is 2.91. The molecule has 1 heteroatoms. The van der Waals surface area contributed by atoms with Gasteiger partial charge >= 0.3 is 0 Å². The van der Waals surface area contributed by atoms with Crippen LogP contribution in [0.15, 0.2) is 36.4 Å². The van der Waals surface area contributed by atoms with E-state index in [2.05, 4.69) is 51.1 Å². The van der Waals surface area contributed by atoms with Crippen molar-refractivity contribution in [2.24, 2.45) is 0 Å². The first kappa shape index (κ1) is 11.0. The lowest BCUT2D eigenvalue weighted by atomic mass is 9.85. The molecule has 0 saturated carbocycles. The van der Waals surface area contributed by atoms with Crippen LogP contribution in [0.4, 0.5) is 0 Å². The van der Waals surface area contributed by atoms with E-state index in [-0.39, 0.29) is 5.41 Å². The average molecular weight is 214 g/mol. The van der Waals surface area contributed by atoms with Crippen LogP contribution in [0.2, 0.25) is 0 Å². The summed E-state index contributed by atoms with van der Waals surface area (Å²) in [6.45, 7) is 6.66. The zero-order chi connectivity index (χ0) is 11.8. The number of methoxy groups -OCH3 is 1. The smallest absolute Gasteiger partial charge is 0.126 e. The Labute approximate surface area is 97.1 Å². The van der Waals surface area contributed by atoms with Crippen molar-refractivity contribution in [3.8, 4) is 5.75 Å². The zero-order valence-electron chi connectivity index (χ0n) is 10.4. The average Bonchev–Trinajstić information content (AvgIpc) is 2.26. The lowest BCUT2D eigenvalue weighted by Gasteiger charge is -2.21. The first-order valence-electron chi connectivity index (χ1n) is 5.59. The van der Waals surface area contributed by atoms with Gasteiger partial charge in [-0.3, -0.25) is 0 Å². The number of ether oxygens (including phenoxy) is 1. The predicted molar refractivity (Wildman–Crippen MR) is 69.2 cm³/mol. The molecule has 84 valence electrons. The zero-order valence-corrected chi connectivity index (χ0v) is 10.4. The van der Waals surface area contributed by atoms with Crippen LogP contribution in [0.5, 0.6) is 5.75 Å². The predicted octanol–water partition coefficient (Wildman–Crippen LogP) is 4.15. The molecule has 2 rings (SSSR count). The maximum absolute atomic E-state index is 5.46. The minimum absolute atomic E-state index is 0.150. The van der Waals surface area contributed by atoms with E-state index in [9.17, 15) is 0 Å². The summed E-state index contributed by atoms with van der Waals surface area (Å²) in [5, 5.41) is 2.42. The molecule has 0 N–H and O–H groups in total. The first-order valence-corrected chi connectivity index (χ1v) is 5.59. The Morgan fingerprint density at radius 3 is 2.31 bits per heavy atom. The summed E-state index contributed by atoms with van der Waals surface area (Å²) >= 11 is 0. The van der Waals surface area contributed by atoms with Crippen molar-refractivity contribution in [2.75, 3.05) is 7.11 Å². The van der Waals surface area contributed by atoms with Gasteiger partial charge in [0.1, 0.15) is 5.75 Å². The van der Waals surface area contributed by atoms with Gasteiger partial charge in [0.25, 0.3) is 0 Å². The third kappa shape index (κ3) is 1.90. The van der Waals surface area contributed by atoms with E-state index in [1.54, 1.807) is 7.11 Å². The maximum atomic E-state index is 5.46. The summed E-state index contributed by atoms with van der Waals surface area (Å²) in [6, 6.07) is 12.7. The van der Waals surface area contributed by atoms with Gasteiger partial charge in [0.05, 0.1) is 7.11 Å². The van der Waals surface area contributed by atoms with Crippen molar-refractivity contribution in [1.29, 1.82) is 0 Å². The largest absolute Gasteiger partial charge is 0.496 e. The van der Waals surface area contributed by atoms with Crippen molar-refractivity contribution in [3.63, 3.8) is 0 Å². The number of hydrogen-bond acceptors (Lipinski definition) is 1. The highest BCUT2D eigenvalue weighted by Crippen LogP contribution is 2.32. The molecule has 2 aromatic carbocycles. The molecule has 2 aromatic rings. The first-order chi connectivity index (χ1) is 7.52. The van der Waals surface area contributed by atoms with Crippen LogP contribution < -0.4 is 4.74 Å². The number of rotatable bonds is 1. The van der Waals surface area contributed by atoms with E-state index >= 15 is 0 Å². The van der Waals surface area contributed by atoms with Crippen LogP contribution in [0, 0.1) is 0 Å². The van der Waals surface area contributed by atoms with Crippen LogP contribution in [-0.2, 0) is 5.41 Å². The van der Waals surface area contributed by atoms with E-state index in [0.29, 0.717) is 0 Å². The van der Waals surface area contributed by atoms with E-state index in [1.807, 2.05) is 6.07 Å². The topological polar surface area (TPSA) is 9.23 Å². The lowest BCUT2D eigenvalue weighted by Crippen LogP contribution is -2.11. The lowest BCUT2D eigenvalue weighted by molar-refractivity contribution is 0.418. The Balaban J connectivity index is 2.73. The highest BCUT2D eigenvalue weighted by atomic mass is 16.5. The van der Waals surface area contributed by atoms with Gasteiger partial charge in [0, 0.05) is 5.39 Å². The molecule has 0 saturated heterocycles. The molecule has 0 aliphatic heterocycles. The fourth-order valence-corrected chi connectivity index (χ4v) is 1.88. The standard InChI is InChI=1S/C15H18O/c1-15(2,3)12-9-11-7-5-6-8-13(11)14(10-12)16-4/h5-10H,1-4H3. The molecule has 0 bridgehead atoms. The monoisotopic (exact) mass is 214 g/mol. The van der Waals surface area contributed by atoms with Gasteiger partial charge in [-0.2, -0.15) is 0 Å². The van der Waals surface area contributed by atoms with Gasteiger partial charge in [-0.15, -0.1) is 0 Å². The van der Waals surface area contributed by atoms with E-state index < -0.39 is 0 Å². The Morgan fingerprint density at radius 2 is 1.69 bits per heavy atom. The normalized spacial score (nSPS) is 11.8. The van der Waals surface area contributed by atoms with Gasteiger partial charge in [0.2, 0.25) is 0 Å². The minimum atomic E-state index is 0.150. The SMILES string of the molecule is COc1cc(C(C)(C)C)cc2ccccc12. The summed E-state index contributed by atoms with van der Waals surface area (Å²) in [5.74, 6) is 0.961. The Hall–Kier alpha value is -1.50. The molecule has 0 aromatic heterocycles. The molecule has 0 heterocycles. The van der Waals surface area contributed by atoms with Crippen molar-refractivity contribution in [1.82, 2.24) is 0 Å². The van der Waals surface area contributed by atoms with Crippen LogP contribution in [0.3, 0.4) is 0 Å². The molecule has 0 atom stereocenters. The second kappa shape index (κ2) is 3.82. The van der Waals surface area contributed by atoms with Crippen LogP contribution in [0.25, 0.3) is 10.8 Å². The fraction of sp³-hybridized carbons (Fsp3) is 0.333. The number of fused-ring (bicyclic) bond motifs is 1. The summed E-state index contributed by atoms with van der Waals surface area (Å²) in [7, 11) is 1.73. The van der Waals surface area contributed by atoms with E-state index in [1.165, 1.54) is 16.3 Å². The summed E-state index contributed by atoms with van der Waals surface area (Å²) in [4.78, 5) is 0. The minimum Gasteiger partial charge on any atom is -0.496 e. The Morgan fingerprint density at radius 1 is 1.00 bits per heavy atom. The molecular formula is C15H18O. The number of hydrogen-bond donors (Lipinski definition) is 0. The van der Waals surface area contributed by atoms with Crippen molar-refractivity contribution in [3.05, 3.63) is 42.0 Å². The molecular weight excluding hydrogens is 196 g/mol. The summed E-state index contributed by atoms with van der Waals surface area (Å²) < 4.78 is 5.46. The Kier molecular flexibility index (Phi) is 2.63. The third-order valence-electron chi connectivity index (χ3n) is 2.91. The molecule has 0 spiro atoms. The maximum Gasteiger partial charge on any atom is 0.126 e. The molecule has 0 aliphatic rings. The van der Waals surface area contributed by atoms with Gasteiger partial charge in [-0.25, -0.2) is 0 Å². The highest BCUT2D eigenvalue weighted by Gasteiger charge is 2.16. The van der Waals surface area contributed by atoms with Crippen LogP contribution in [-0.4, -0.2) is 7.11 Å². The quantitative estimate of drug-likeness (QED) is 0.693. The molecule has 16 heavy (non-hydrogen) atoms. The van der Waals surface area contributed by atoms with Gasteiger partial charge < -0.3 is 4.74 Å². The Bertz CT molecular complexity index is 506. The van der Waals surface area contributed by atoms with Gasteiger partial charge in [0.15, 0.2) is 0 Å². The molecule has 0 aliphatic carbocycles. The fourth-order valence-electron chi connectivity index (χ4n) is 1.88. The van der Waals surface area contributed by atoms with Crippen molar-refractivity contribution < 1.29 is 4.74 Å². The highest BCUT2D eigenvalue weighted by molar-refractivity contribution is 5.89. The van der Waals surface area contributed by atoms with E-state index in [4.69, 9.17) is 4.74 Å². The van der Waals surface area contributed by atoms with E-state index in [0.717, 1.165) is 5.75 Å².